The first-order valence-corrected chi connectivity index (χ1v) is 7.54. The first-order chi connectivity index (χ1) is 11.5. The smallest absolute Gasteiger partial charge is 0.269 e. The Hall–Kier alpha value is -2.96. The molecule has 6 nitrogen and oxygen atoms in total. The van der Waals surface area contributed by atoms with E-state index in [0.717, 1.165) is 17.0 Å². The summed E-state index contributed by atoms with van der Waals surface area (Å²) in [6.45, 7) is 4.10. The summed E-state index contributed by atoms with van der Waals surface area (Å²) in [7, 11) is 1.87. The van der Waals surface area contributed by atoms with E-state index in [9.17, 15) is 9.18 Å². The number of H-pyrrole nitrogens is 1. The molecule has 0 saturated carbocycles. The number of aromatic amines is 1. The van der Waals surface area contributed by atoms with E-state index in [1.165, 1.54) is 12.1 Å². The number of nitrogens with zero attached hydrogens (tertiary/aromatic N) is 3. The van der Waals surface area contributed by atoms with Crippen molar-refractivity contribution in [2.45, 2.75) is 20.4 Å². The van der Waals surface area contributed by atoms with Gasteiger partial charge in [0.15, 0.2) is 0 Å². The molecule has 2 aromatic heterocycles. The fourth-order valence-corrected chi connectivity index (χ4v) is 2.63. The number of hydrogen-bond acceptors (Lipinski definition) is 3. The van der Waals surface area contributed by atoms with Crippen LogP contribution >= 0.6 is 0 Å². The third-order valence-corrected chi connectivity index (χ3v) is 3.93. The molecule has 2 N–H and O–H groups in total. The van der Waals surface area contributed by atoms with Crippen LogP contribution in [0.5, 0.6) is 0 Å². The van der Waals surface area contributed by atoms with Crippen molar-refractivity contribution in [3.05, 3.63) is 58.8 Å². The molecule has 0 aliphatic rings. The topological polar surface area (TPSA) is 75.6 Å². The third-order valence-electron chi connectivity index (χ3n) is 3.93. The molecule has 3 rings (SSSR count). The molecule has 0 bridgehead atoms. The van der Waals surface area contributed by atoms with Gasteiger partial charge in [0.25, 0.3) is 5.91 Å². The Morgan fingerprint density at radius 1 is 1.33 bits per heavy atom. The lowest BCUT2D eigenvalue weighted by atomic mass is 10.1. The van der Waals surface area contributed by atoms with Crippen molar-refractivity contribution in [1.82, 2.24) is 25.3 Å². The van der Waals surface area contributed by atoms with E-state index in [0.29, 0.717) is 17.0 Å². The Balaban J connectivity index is 1.74. The molecule has 1 aromatic carbocycles. The van der Waals surface area contributed by atoms with Crippen LogP contribution in [-0.4, -0.2) is 25.9 Å². The monoisotopic (exact) mass is 327 g/mol. The summed E-state index contributed by atoms with van der Waals surface area (Å²) >= 11 is 0. The van der Waals surface area contributed by atoms with Gasteiger partial charge in [-0.15, -0.1) is 0 Å². The van der Waals surface area contributed by atoms with Crippen molar-refractivity contribution in [2.75, 3.05) is 0 Å². The Bertz CT molecular complexity index is 896. The fourth-order valence-electron chi connectivity index (χ4n) is 2.63. The van der Waals surface area contributed by atoms with Gasteiger partial charge in [0.1, 0.15) is 11.5 Å². The molecule has 0 atom stereocenters. The number of hydrogen-bond donors (Lipinski definition) is 2. The Kier molecular flexibility index (Phi) is 4.16. The predicted octanol–water partition coefficient (Wildman–Crippen LogP) is 2.50. The van der Waals surface area contributed by atoms with Crippen LogP contribution in [0.4, 0.5) is 4.39 Å². The second kappa shape index (κ2) is 6.27. The van der Waals surface area contributed by atoms with Crippen molar-refractivity contribution < 1.29 is 9.18 Å². The molecule has 0 spiro atoms. The van der Waals surface area contributed by atoms with Gasteiger partial charge in [-0.3, -0.25) is 14.6 Å². The molecule has 124 valence electrons. The van der Waals surface area contributed by atoms with Crippen LogP contribution in [0, 0.1) is 19.7 Å². The zero-order valence-corrected chi connectivity index (χ0v) is 13.7. The third kappa shape index (κ3) is 3.05. The molecule has 24 heavy (non-hydrogen) atoms. The van der Waals surface area contributed by atoms with E-state index in [1.54, 1.807) is 22.9 Å². The lowest BCUT2D eigenvalue weighted by molar-refractivity contribution is 0.0946. The quantitative estimate of drug-likeness (QED) is 0.773. The van der Waals surface area contributed by atoms with Crippen LogP contribution in [0.1, 0.15) is 27.4 Å². The summed E-state index contributed by atoms with van der Waals surface area (Å²) in [5, 5.41) is 14.1. The number of rotatable bonds is 4. The minimum absolute atomic E-state index is 0.246. The molecule has 0 fully saturated rings. The normalized spacial score (nSPS) is 10.8. The second-order valence-electron chi connectivity index (χ2n) is 5.65. The fraction of sp³-hybridized carbons (Fsp3) is 0.235. The van der Waals surface area contributed by atoms with Crippen LogP contribution < -0.4 is 5.32 Å². The average molecular weight is 327 g/mol. The zero-order valence-electron chi connectivity index (χ0n) is 13.7. The number of nitrogens with one attached hydrogen (secondary N) is 2. The standard InChI is InChI=1S/C17H18FN5O/c1-10-16(11(2)23(3)22-10)14-8-15(21-20-14)17(24)19-9-12-5-4-6-13(18)7-12/h4-8H,9H2,1-3H3,(H,19,24)(H,20,21). The van der Waals surface area contributed by atoms with Gasteiger partial charge < -0.3 is 5.32 Å². The highest BCUT2D eigenvalue weighted by Crippen LogP contribution is 2.25. The van der Waals surface area contributed by atoms with Gasteiger partial charge in [0.05, 0.1) is 11.4 Å². The van der Waals surface area contributed by atoms with Crippen molar-refractivity contribution in [1.29, 1.82) is 0 Å². The van der Waals surface area contributed by atoms with Crippen LogP contribution in [0.2, 0.25) is 0 Å². The highest BCUT2D eigenvalue weighted by atomic mass is 19.1. The van der Waals surface area contributed by atoms with Crippen LogP contribution in [0.25, 0.3) is 11.3 Å². The van der Waals surface area contributed by atoms with E-state index >= 15 is 0 Å². The molecule has 2 heterocycles. The first-order valence-electron chi connectivity index (χ1n) is 7.54. The maximum Gasteiger partial charge on any atom is 0.269 e. The molecular weight excluding hydrogens is 309 g/mol. The summed E-state index contributed by atoms with van der Waals surface area (Å²) in [5.41, 5.74) is 4.47. The molecule has 0 radical (unpaired) electrons. The summed E-state index contributed by atoms with van der Waals surface area (Å²) in [6, 6.07) is 7.81. The molecule has 0 unspecified atom stereocenters. The first kappa shape index (κ1) is 15.9. The van der Waals surface area contributed by atoms with Crippen molar-refractivity contribution in [3.8, 4) is 11.3 Å². The van der Waals surface area contributed by atoms with Gasteiger partial charge >= 0.3 is 0 Å². The van der Waals surface area contributed by atoms with Crippen LogP contribution in [0.15, 0.2) is 30.3 Å². The number of amides is 1. The van der Waals surface area contributed by atoms with Crippen LogP contribution in [-0.2, 0) is 13.6 Å². The molecule has 0 aliphatic heterocycles. The largest absolute Gasteiger partial charge is 0.347 e. The summed E-state index contributed by atoms with van der Waals surface area (Å²) in [6.07, 6.45) is 0. The lowest BCUT2D eigenvalue weighted by Crippen LogP contribution is -2.23. The number of halogens is 1. The minimum Gasteiger partial charge on any atom is -0.347 e. The molecule has 0 aliphatic carbocycles. The molecule has 0 saturated heterocycles. The molecule has 1 amide bonds. The maximum absolute atomic E-state index is 13.1. The highest BCUT2D eigenvalue weighted by Gasteiger charge is 2.17. The summed E-state index contributed by atoms with van der Waals surface area (Å²) in [5.74, 6) is -0.620. The van der Waals surface area contributed by atoms with Gasteiger partial charge in [0, 0.05) is 24.8 Å². The van der Waals surface area contributed by atoms with E-state index < -0.39 is 0 Å². The van der Waals surface area contributed by atoms with Gasteiger partial charge in [-0.2, -0.15) is 10.2 Å². The van der Waals surface area contributed by atoms with E-state index in [2.05, 4.69) is 20.6 Å². The molecule has 3 aromatic rings. The summed E-state index contributed by atoms with van der Waals surface area (Å²) in [4.78, 5) is 12.2. The van der Waals surface area contributed by atoms with Gasteiger partial charge in [-0.25, -0.2) is 4.39 Å². The van der Waals surface area contributed by atoms with Crippen molar-refractivity contribution in [2.24, 2.45) is 7.05 Å². The van der Waals surface area contributed by atoms with E-state index in [4.69, 9.17) is 0 Å². The maximum atomic E-state index is 13.1. The van der Waals surface area contributed by atoms with E-state index in [1.807, 2.05) is 20.9 Å². The number of aromatic nitrogens is 4. The molecular formula is C17H18FN5O. The highest BCUT2D eigenvalue weighted by molar-refractivity contribution is 5.93. The second-order valence-corrected chi connectivity index (χ2v) is 5.65. The lowest BCUT2D eigenvalue weighted by Gasteiger charge is -2.03. The Labute approximate surface area is 138 Å². The number of carbonyl (C=O) groups is 1. The van der Waals surface area contributed by atoms with Gasteiger partial charge in [0.2, 0.25) is 0 Å². The van der Waals surface area contributed by atoms with Crippen molar-refractivity contribution >= 4 is 5.91 Å². The van der Waals surface area contributed by atoms with Gasteiger partial charge in [-0.1, -0.05) is 12.1 Å². The number of benzene rings is 1. The zero-order chi connectivity index (χ0) is 17.3. The Morgan fingerprint density at radius 3 is 2.79 bits per heavy atom. The SMILES string of the molecule is Cc1nn(C)c(C)c1-c1cc(C(=O)NCc2cccc(F)c2)[nH]n1. The number of carbonyl (C=O) groups excluding carboxylic acids is 1. The molecule has 7 heteroatoms. The summed E-state index contributed by atoms with van der Waals surface area (Å²) < 4.78 is 14.9. The van der Waals surface area contributed by atoms with Crippen molar-refractivity contribution in [3.63, 3.8) is 0 Å². The Morgan fingerprint density at radius 2 is 2.12 bits per heavy atom. The van der Waals surface area contributed by atoms with E-state index in [-0.39, 0.29) is 18.3 Å². The van der Waals surface area contributed by atoms with Crippen LogP contribution in [0.3, 0.4) is 0 Å². The average Bonchev–Trinajstić information content (AvgIpc) is 3.10. The van der Waals surface area contributed by atoms with Gasteiger partial charge in [-0.05, 0) is 37.6 Å². The predicted molar refractivity (Wildman–Crippen MR) is 87.8 cm³/mol. The minimum atomic E-state index is -0.326. The number of aryl methyl sites for hydroxylation is 2.